The average molecular weight is 398 g/mol. The lowest BCUT2D eigenvalue weighted by Crippen LogP contribution is -2.34. The van der Waals surface area contributed by atoms with Crippen molar-refractivity contribution >= 4 is 28.4 Å². The quantitative estimate of drug-likeness (QED) is 0.463. The van der Waals surface area contributed by atoms with E-state index in [1.54, 1.807) is 6.07 Å². The van der Waals surface area contributed by atoms with Crippen molar-refractivity contribution in [1.82, 2.24) is 9.97 Å². The number of halogens is 1. The van der Waals surface area contributed by atoms with E-state index >= 15 is 0 Å². The van der Waals surface area contributed by atoms with E-state index in [2.05, 4.69) is 47.5 Å². The van der Waals surface area contributed by atoms with Gasteiger partial charge < -0.3 is 10.2 Å². The Balaban J connectivity index is 1.59. The Bertz CT molecular complexity index is 1240. The number of nitrogens with one attached hydrogen (secondary N) is 1. The van der Waals surface area contributed by atoms with Gasteiger partial charge in [0, 0.05) is 17.6 Å². The SMILES string of the molecule is Cc1cc(F)ccc1Nc1nc(N2CCc3ccccc3C2C)c2ccccc2n1. The number of fused-ring (bicyclic) bond motifs is 2. The Hall–Kier alpha value is -3.47. The minimum absolute atomic E-state index is 0.216. The van der Waals surface area contributed by atoms with Crippen molar-refractivity contribution in [3.63, 3.8) is 0 Å². The van der Waals surface area contributed by atoms with Gasteiger partial charge in [-0.05, 0) is 67.3 Å². The molecule has 1 aliphatic heterocycles. The van der Waals surface area contributed by atoms with Gasteiger partial charge in [0.1, 0.15) is 11.6 Å². The van der Waals surface area contributed by atoms with Crippen LogP contribution >= 0.6 is 0 Å². The highest BCUT2D eigenvalue weighted by Crippen LogP contribution is 2.36. The van der Waals surface area contributed by atoms with E-state index in [-0.39, 0.29) is 11.9 Å². The molecule has 30 heavy (non-hydrogen) atoms. The molecule has 2 heterocycles. The number of nitrogens with zero attached hydrogens (tertiary/aromatic N) is 3. The molecule has 5 heteroatoms. The third-order valence-corrected chi connectivity index (χ3v) is 5.88. The number of rotatable bonds is 3. The van der Waals surface area contributed by atoms with Crippen molar-refractivity contribution in [3.05, 3.63) is 89.2 Å². The predicted molar refractivity (Wildman–Crippen MR) is 120 cm³/mol. The summed E-state index contributed by atoms with van der Waals surface area (Å²) in [6, 6.07) is 21.6. The standard InChI is InChI=1S/C25H23FN4/c1-16-15-19(26)11-12-22(16)27-25-28-23-10-6-5-9-21(23)24(29-25)30-14-13-18-7-3-4-8-20(18)17(30)2/h3-12,15,17H,13-14H2,1-2H3,(H,27,28,29). The van der Waals surface area contributed by atoms with Gasteiger partial charge in [0.25, 0.3) is 0 Å². The van der Waals surface area contributed by atoms with E-state index in [9.17, 15) is 4.39 Å². The average Bonchev–Trinajstić information content (AvgIpc) is 2.76. The fourth-order valence-electron chi connectivity index (χ4n) is 4.28. The van der Waals surface area contributed by atoms with E-state index in [0.717, 1.165) is 40.9 Å². The van der Waals surface area contributed by atoms with Gasteiger partial charge in [-0.1, -0.05) is 36.4 Å². The van der Waals surface area contributed by atoms with Gasteiger partial charge in [0.05, 0.1) is 11.6 Å². The molecule has 150 valence electrons. The lowest BCUT2D eigenvalue weighted by Gasteiger charge is -2.36. The van der Waals surface area contributed by atoms with E-state index in [1.165, 1.54) is 23.3 Å². The minimum atomic E-state index is -0.251. The third kappa shape index (κ3) is 3.26. The second kappa shape index (κ2) is 7.41. The molecular formula is C25H23FN4. The molecule has 0 saturated carbocycles. The number of para-hydroxylation sites is 1. The van der Waals surface area contributed by atoms with Gasteiger partial charge in [0.2, 0.25) is 5.95 Å². The molecule has 0 saturated heterocycles. The Morgan fingerprint density at radius 2 is 1.80 bits per heavy atom. The fourth-order valence-corrected chi connectivity index (χ4v) is 4.28. The van der Waals surface area contributed by atoms with Crippen LogP contribution in [0.4, 0.5) is 21.8 Å². The molecule has 4 aromatic rings. The Labute approximate surface area is 175 Å². The summed E-state index contributed by atoms with van der Waals surface area (Å²) in [5.74, 6) is 1.19. The van der Waals surface area contributed by atoms with Crippen LogP contribution in [0.15, 0.2) is 66.7 Å². The Morgan fingerprint density at radius 3 is 2.67 bits per heavy atom. The highest BCUT2D eigenvalue weighted by atomic mass is 19.1. The summed E-state index contributed by atoms with van der Waals surface area (Å²) in [4.78, 5) is 12.0. The molecule has 4 nitrogen and oxygen atoms in total. The maximum Gasteiger partial charge on any atom is 0.229 e. The number of aryl methyl sites for hydroxylation is 1. The summed E-state index contributed by atoms with van der Waals surface area (Å²) < 4.78 is 13.5. The van der Waals surface area contributed by atoms with Crippen LogP contribution in [0.2, 0.25) is 0 Å². The molecule has 0 radical (unpaired) electrons. The van der Waals surface area contributed by atoms with Crippen LogP contribution in [0.25, 0.3) is 10.9 Å². The molecule has 0 spiro atoms. The van der Waals surface area contributed by atoms with E-state index in [1.807, 2.05) is 25.1 Å². The van der Waals surface area contributed by atoms with Crippen LogP contribution in [0.3, 0.4) is 0 Å². The first kappa shape index (κ1) is 18.6. The summed E-state index contributed by atoms with van der Waals surface area (Å²) >= 11 is 0. The number of hydrogen-bond acceptors (Lipinski definition) is 4. The van der Waals surface area contributed by atoms with Crippen LogP contribution in [0.5, 0.6) is 0 Å². The van der Waals surface area contributed by atoms with Crippen molar-refractivity contribution < 1.29 is 4.39 Å². The second-order valence-electron chi connectivity index (χ2n) is 7.79. The topological polar surface area (TPSA) is 41.1 Å². The number of aromatic nitrogens is 2. The monoisotopic (exact) mass is 398 g/mol. The first-order valence-corrected chi connectivity index (χ1v) is 10.2. The molecule has 1 aliphatic rings. The van der Waals surface area contributed by atoms with Gasteiger partial charge >= 0.3 is 0 Å². The zero-order valence-electron chi connectivity index (χ0n) is 17.1. The molecule has 1 atom stereocenters. The van der Waals surface area contributed by atoms with Crippen molar-refractivity contribution in [2.75, 3.05) is 16.8 Å². The van der Waals surface area contributed by atoms with E-state index in [4.69, 9.17) is 9.97 Å². The molecule has 0 bridgehead atoms. The molecule has 0 fully saturated rings. The molecule has 1 unspecified atom stereocenters. The van der Waals surface area contributed by atoms with Crippen molar-refractivity contribution in [1.29, 1.82) is 0 Å². The third-order valence-electron chi connectivity index (χ3n) is 5.88. The lowest BCUT2D eigenvalue weighted by molar-refractivity contribution is 0.619. The molecular weight excluding hydrogens is 375 g/mol. The van der Waals surface area contributed by atoms with E-state index < -0.39 is 0 Å². The largest absolute Gasteiger partial charge is 0.349 e. The van der Waals surface area contributed by atoms with Crippen LogP contribution < -0.4 is 10.2 Å². The normalized spacial score (nSPS) is 15.8. The van der Waals surface area contributed by atoms with Gasteiger partial charge in [-0.3, -0.25) is 0 Å². The van der Waals surface area contributed by atoms with E-state index in [0.29, 0.717) is 5.95 Å². The molecule has 0 aliphatic carbocycles. The summed E-state index contributed by atoms with van der Waals surface area (Å²) in [5.41, 5.74) is 5.24. The summed E-state index contributed by atoms with van der Waals surface area (Å²) in [5, 5.41) is 4.32. The molecule has 0 amide bonds. The smallest absolute Gasteiger partial charge is 0.229 e. The highest BCUT2D eigenvalue weighted by Gasteiger charge is 2.26. The van der Waals surface area contributed by atoms with Gasteiger partial charge in [0.15, 0.2) is 0 Å². The molecule has 1 N–H and O–H groups in total. The summed E-state index contributed by atoms with van der Waals surface area (Å²) in [6.45, 7) is 5.00. The maximum atomic E-state index is 13.5. The van der Waals surface area contributed by atoms with Crippen molar-refractivity contribution in [3.8, 4) is 0 Å². The predicted octanol–water partition coefficient (Wildman–Crippen LogP) is 5.94. The number of anilines is 3. The van der Waals surface area contributed by atoms with Crippen molar-refractivity contribution in [2.24, 2.45) is 0 Å². The Morgan fingerprint density at radius 1 is 1.00 bits per heavy atom. The highest BCUT2D eigenvalue weighted by molar-refractivity contribution is 5.91. The van der Waals surface area contributed by atoms with Crippen LogP contribution in [-0.4, -0.2) is 16.5 Å². The lowest BCUT2D eigenvalue weighted by atomic mass is 9.93. The van der Waals surface area contributed by atoms with Crippen LogP contribution in [0, 0.1) is 12.7 Å². The summed E-state index contributed by atoms with van der Waals surface area (Å²) in [6.07, 6.45) is 0.985. The van der Waals surface area contributed by atoms with Gasteiger partial charge in [-0.15, -0.1) is 0 Å². The first-order valence-electron chi connectivity index (χ1n) is 10.2. The maximum absolute atomic E-state index is 13.5. The number of benzene rings is 3. The molecule has 3 aromatic carbocycles. The Kier molecular flexibility index (Phi) is 4.58. The molecule has 1 aromatic heterocycles. The minimum Gasteiger partial charge on any atom is -0.349 e. The van der Waals surface area contributed by atoms with Crippen molar-refractivity contribution in [2.45, 2.75) is 26.3 Å². The first-order chi connectivity index (χ1) is 14.6. The zero-order valence-corrected chi connectivity index (χ0v) is 17.1. The second-order valence-corrected chi connectivity index (χ2v) is 7.79. The van der Waals surface area contributed by atoms with Crippen LogP contribution in [-0.2, 0) is 6.42 Å². The number of hydrogen-bond donors (Lipinski definition) is 1. The van der Waals surface area contributed by atoms with Gasteiger partial charge in [-0.2, -0.15) is 4.98 Å². The molecule has 5 rings (SSSR count). The summed E-state index contributed by atoms with van der Waals surface area (Å²) in [7, 11) is 0. The zero-order chi connectivity index (χ0) is 20.7. The fraction of sp³-hybridized carbons (Fsp3) is 0.200. The van der Waals surface area contributed by atoms with Crippen LogP contribution in [0.1, 0.15) is 29.7 Å². The van der Waals surface area contributed by atoms with Gasteiger partial charge in [-0.25, -0.2) is 9.37 Å².